The molecule has 19 heavy (non-hydrogen) atoms. The predicted molar refractivity (Wildman–Crippen MR) is 80.6 cm³/mol. The molecule has 0 amide bonds. The van der Waals surface area contributed by atoms with Crippen molar-refractivity contribution in [3.63, 3.8) is 0 Å². The maximum absolute atomic E-state index is 6.07. The van der Waals surface area contributed by atoms with Gasteiger partial charge in [-0.3, -0.25) is 0 Å². The summed E-state index contributed by atoms with van der Waals surface area (Å²) in [6.45, 7) is 3.89. The summed E-state index contributed by atoms with van der Waals surface area (Å²) >= 11 is 0. The number of nitrogens with two attached hydrogens (primary N) is 1. The summed E-state index contributed by atoms with van der Waals surface area (Å²) in [7, 11) is 1.65. The summed E-state index contributed by atoms with van der Waals surface area (Å²) in [5.74, 6) is 0.795. The highest BCUT2D eigenvalue weighted by molar-refractivity contribution is 5.54. The molecule has 3 heteroatoms. The van der Waals surface area contributed by atoms with E-state index in [4.69, 9.17) is 10.5 Å². The normalized spacial score (nSPS) is 10.2. The third-order valence-corrected chi connectivity index (χ3v) is 3.22. The predicted octanol–water partition coefficient (Wildman–Crippen LogP) is 3.30. The van der Waals surface area contributed by atoms with Crippen molar-refractivity contribution in [2.24, 2.45) is 0 Å². The second-order valence-corrected chi connectivity index (χ2v) is 4.41. The van der Waals surface area contributed by atoms with E-state index in [1.165, 1.54) is 5.69 Å². The molecule has 2 rings (SSSR count). The number of para-hydroxylation sites is 1. The van der Waals surface area contributed by atoms with Crippen molar-refractivity contribution in [1.82, 2.24) is 0 Å². The van der Waals surface area contributed by atoms with E-state index >= 15 is 0 Å². The van der Waals surface area contributed by atoms with Gasteiger partial charge in [0.15, 0.2) is 0 Å². The molecule has 2 N–H and O–H groups in total. The largest absolute Gasteiger partial charge is 0.497 e. The van der Waals surface area contributed by atoms with Crippen molar-refractivity contribution in [3.8, 4) is 5.75 Å². The molecule has 0 aromatic heterocycles. The molecule has 0 saturated heterocycles. The topological polar surface area (TPSA) is 38.5 Å². The van der Waals surface area contributed by atoms with E-state index in [0.29, 0.717) is 0 Å². The molecular weight excluding hydrogens is 236 g/mol. The van der Waals surface area contributed by atoms with Crippen molar-refractivity contribution in [1.29, 1.82) is 0 Å². The third-order valence-electron chi connectivity index (χ3n) is 3.22. The van der Waals surface area contributed by atoms with E-state index in [2.05, 4.69) is 36.1 Å². The van der Waals surface area contributed by atoms with Gasteiger partial charge in [-0.15, -0.1) is 0 Å². The fourth-order valence-electron chi connectivity index (χ4n) is 2.07. The molecule has 2 aromatic carbocycles. The molecule has 0 aliphatic heterocycles. The van der Waals surface area contributed by atoms with E-state index in [9.17, 15) is 0 Å². The summed E-state index contributed by atoms with van der Waals surface area (Å²) in [5, 5.41) is 0. The van der Waals surface area contributed by atoms with Crippen LogP contribution in [0.3, 0.4) is 0 Å². The number of nitrogens with zero attached hydrogens (tertiary/aromatic N) is 1. The Balaban J connectivity index is 2.19. The zero-order valence-electron chi connectivity index (χ0n) is 11.5. The highest BCUT2D eigenvalue weighted by Gasteiger charge is 2.08. The standard InChI is InChI=1S/C16H20N2O/c1-3-18(14-7-5-4-6-8-14)12-13-9-10-15(19-2)11-16(13)17/h4-11H,3,12,17H2,1-2H3. The van der Waals surface area contributed by atoms with Crippen molar-refractivity contribution in [3.05, 3.63) is 54.1 Å². The van der Waals surface area contributed by atoms with Crippen LogP contribution >= 0.6 is 0 Å². The van der Waals surface area contributed by atoms with Crippen LogP contribution in [0.2, 0.25) is 0 Å². The van der Waals surface area contributed by atoms with Crippen LogP contribution in [0.15, 0.2) is 48.5 Å². The maximum atomic E-state index is 6.07. The van der Waals surface area contributed by atoms with Gasteiger partial charge in [0.2, 0.25) is 0 Å². The summed E-state index contributed by atoms with van der Waals surface area (Å²) < 4.78 is 5.17. The average molecular weight is 256 g/mol. The highest BCUT2D eigenvalue weighted by atomic mass is 16.5. The monoisotopic (exact) mass is 256 g/mol. The highest BCUT2D eigenvalue weighted by Crippen LogP contribution is 2.23. The molecule has 0 radical (unpaired) electrons. The fourth-order valence-corrected chi connectivity index (χ4v) is 2.07. The molecule has 0 spiro atoms. The number of hydrogen-bond acceptors (Lipinski definition) is 3. The van der Waals surface area contributed by atoms with Crippen LogP contribution in [0.25, 0.3) is 0 Å². The van der Waals surface area contributed by atoms with Crippen LogP contribution in [0, 0.1) is 0 Å². The first-order valence-electron chi connectivity index (χ1n) is 6.47. The number of anilines is 2. The Morgan fingerprint density at radius 2 is 1.84 bits per heavy atom. The van der Waals surface area contributed by atoms with Gasteiger partial charge in [-0.25, -0.2) is 0 Å². The SMILES string of the molecule is CCN(Cc1ccc(OC)cc1N)c1ccccc1. The smallest absolute Gasteiger partial charge is 0.120 e. The van der Waals surface area contributed by atoms with E-state index in [1.54, 1.807) is 7.11 Å². The molecule has 0 aliphatic rings. The van der Waals surface area contributed by atoms with Crippen molar-refractivity contribution in [2.75, 3.05) is 24.3 Å². The molecule has 100 valence electrons. The maximum Gasteiger partial charge on any atom is 0.120 e. The van der Waals surface area contributed by atoms with Crippen molar-refractivity contribution < 1.29 is 4.74 Å². The van der Waals surface area contributed by atoms with Gasteiger partial charge in [0.1, 0.15) is 5.75 Å². The lowest BCUT2D eigenvalue weighted by atomic mass is 10.1. The molecule has 0 atom stereocenters. The summed E-state index contributed by atoms with van der Waals surface area (Å²) in [4.78, 5) is 2.29. The van der Waals surface area contributed by atoms with Crippen LogP contribution in [0.5, 0.6) is 5.75 Å². The number of methoxy groups -OCH3 is 1. The fraction of sp³-hybridized carbons (Fsp3) is 0.250. The third kappa shape index (κ3) is 3.19. The molecule has 3 nitrogen and oxygen atoms in total. The van der Waals surface area contributed by atoms with Gasteiger partial charge in [0.05, 0.1) is 7.11 Å². The zero-order valence-corrected chi connectivity index (χ0v) is 11.5. The minimum Gasteiger partial charge on any atom is -0.497 e. The van der Waals surface area contributed by atoms with Crippen molar-refractivity contribution >= 4 is 11.4 Å². The first kappa shape index (κ1) is 13.3. The van der Waals surface area contributed by atoms with Crippen LogP contribution < -0.4 is 15.4 Å². The lowest BCUT2D eigenvalue weighted by molar-refractivity contribution is 0.415. The van der Waals surface area contributed by atoms with E-state index < -0.39 is 0 Å². The Kier molecular flexibility index (Phi) is 4.29. The summed E-state index contributed by atoms with van der Waals surface area (Å²) in [6.07, 6.45) is 0. The Hall–Kier alpha value is -2.16. The molecular formula is C16H20N2O. The number of nitrogen functional groups attached to an aromatic ring is 1. The zero-order chi connectivity index (χ0) is 13.7. The Morgan fingerprint density at radius 1 is 1.11 bits per heavy atom. The molecule has 0 saturated carbocycles. The van der Waals surface area contributed by atoms with Gasteiger partial charge in [0, 0.05) is 30.5 Å². The van der Waals surface area contributed by atoms with Gasteiger partial charge >= 0.3 is 0 Å². The van der Waals surface area contributed by atoms with Gasteiger partial charge in [-0.1, -0.05) is 24.3 Å². The number of ether oxygens (including phenoxy) is 1. The van der Waals surface area contributed by atoms with Crippen LogP contribution in [-0.2, 0) is 6.54 Å². The van der Waals surface area contributed by atoms with Crippen LogP contribution in [-0.4, -0.2) is 13.7 Å². The van der Waals surface area contributed by atoms with Gasteiger partial charge in [-0.05, 0) is 30.7 Å². The molecule has 0 bridgehead atoms. The molecule has 0 aliphatic carbocycles. The number of benzene rings is 2. The van der Waals surface area contributed by atoms with Gasteiger partial charge in [-0.2, -0.15) is 0 Å². The molecule has 0 fully saturated rings. The van der Waals surface area contributed by atoms with Gasteiger partial charge in [0.25, 0.3) is 0 Å². The number of rotatable bonds is 5. The minimum atomic E-state index is 0.772. The van der Waals surface area contributed by atoms with Gasteiger partial charge < -0.3 is 15.4 Å². The second kappa shape index (κ2) is 6.14. The molecule has 2 aromatic rings. The Bertz CT molecular complexity index is 526. The Morgan fingerprint density at radius 3 is 2.42 bits per heavy atom. The first-order chi connectivity index (χ1) is 9.24. The van der Waals surface area contributed by atoms with E-state index in [1.807, 2.05) is 24.3 Å². The van der Waals surface area contributed by atoms with Crippen molar-refractivity contribution in [2.45, 2.75) is 13.5 Å². The second-order valence-electron chi connectivity index (χ2n) is 4.41. The summed E-state index contributed by atoms with van der Waals surface area (Å²) in [5.41, 5.74) is 9.17. The number of hydrogen-bond donors (Lipinski definition) is 1. The van der Waals surface area contributed by atoms with Crippen LogP contribution in [0.1, 0.15) is 12.5 Å². The average Bonchev–Trinajstić information content (AvgIpc) is 2.47. The Labute approximate surface area is 114 Å². The molecule has 0 unspecified atom stereocenters. The lowest BCUT2D eigenvalue weighted by Crippen LogP contribution is -2.22. The minimum absolute atomic E-state index is 0.772. The molecule has 0 heterocycles. The summed E-state index contributed by atoms with van der Waals surface area (Å²) in [6, 6.07) is 16.2. The van der Waals surface area contributed by atoms with Crippen LogP contribution in [0.4, 0.5) is 11.4 Å². The van der Waals surface area contributed by atoms with E-state index in [0.717, 1.165) is 30.1 Å². The van der Waals surface area contributed by atoms with E-state index in [-0.39, 0.29) is 0 Å². The first-order valence-corrected chi connectivity index (χ1v) is 6.47. The quantitative estimate of drug-likeness (QED) is 0.834. The lowest BCUT2D eigenvalue weighted by Gasteiger charge is -2.24.